The van der Waals surface area contributed by atoms with Gasteiger partial charge in [-0.1, -0.05) is 0 Å². The zero-order valence-corrected chi connectivity index (χ0v) is 9.46. The average Bonchev–Trinajstić information content (AvgIpc) is 2.84. The van der Waals surface area contributed by atoms with Gasteiger partial charge in [0.05, 0.1) is 12.7 Å². The summed E-state index contributed by atoms with van der Waals surface area (Å²) in [5, 5.41) is 11.3. The summed E-state index contributed by atoms with van der Waals surface area (Å²) >= 11 is 0. The van der Waals surface area contributed by atoms with Crippen LogP contribution in [0.25, 0.3) is 0 Å². The number of carbonyl (C=O) groups is 3. The zero-order valence-electron chi connectivity index (χ0n) is 9.46. The summed E-state index contributed by atoms with van der Waals surface area (Å²) in [6.07, 6.45) is 0.932. The van der Waals surface area contributed by atoms with Crippen LogP contribution in [0.3, 0.4) is 0 Å². The number of carboxylic acid groups (broad SMARTS) is 1. The van der Waals surface area contributed by atoms with E-state index in [-0.39, 0.29) is 12.3 Å². The van der Waals surface area contributed by atoms with Crippen LogP contribution in [0.4, 0.5) is 0 Å². The van der Waals surface area contributed by atoms with Crippen LogP contribution in [0.15, 0.2) is 22.8 Å². The molecule has 1 saturated heterocycles. The second-order valence-corrected chi connectivity index (χ2v) is 3.88. The summed E-state index contributed by atoms with van der Waals surface area (Å²) in [6.45, 7) is 0.574. The largest absolute Gasteiger partial charge is 0.481 e. The molecule has 1 unspecified atom stereocenters. The van der Waals surface area contributed by atoms with Gasteiger partial charge in [0.2, 0.25) is 5.91 Å². The normalized spacial score (nSPS) is 19.4. The summed E-state index contributed by atoms with van der Waals surface area (Å²) < 4.78 is 4.97. The molecular formula is C11H12N2O5. The first-order chi connectivity index (χ1) is 8.59. The second kappa shape index (κ2) is 4.91. The van der Waals surface area contributed by atoms with Gasteiger partial charge in [-0.25, -0.2) is 0 Å². The molecule has 2 heterocycles. The molecule has 96 valence electrons. The number of carbonyl (C=O) groups excluding carboxylic acids is 2. The highest BCUT2D eigenvalue weighted by Crippen LogP contribution is 2.14. The van der Waals surface area contributed by atoms with Gasteiger partial charge in [0.25, 0.3) is 5.91 Å². The Bertz CT molecular complexity index is 468. The molecule has 18 heavy (non-hydrogen) atoms. The highest BCUT2D eigenvalue weighted by Gasteiger charge is 2.35. The molecule has 1 fully saturated rings. The lowest BCUT2D eigenvalue weighted by molar-refractivity contribution is -0.142. The van der Waals surface area contributed by atoms with E-state index in [2.05, 4.69) is 5.32 Å². The number of aliphatic carboxylic acids is 1. The third-order valence-electron chi connectivity index (χ3n) is 2.69. The number of carboxylic acids is 1. The van der Waals surface area contributed by atoms with Crippen LogP contribution in [-0.2, 0) is 9.59 Å². The summed E-state index contributed by atoms with van der Waals surface area (Å²) in [7, 11) is 0. The van der Waals surface area contributed by atoms with Crippen LogP contribution in [0.1, 0.15) is 17.0 Å². The Morgan fingerprint density at radius 2 is 2.33 bits per heavy atom. The maximum Gasteiger partial charge on any atom is 0.305 e. The summed E-state index contributed by atoms with van der Waals surface area (Å²) in [6, 6.07) is 2.05. The van der Waals surface area contributed by atoms with E-state index in [0.29, 0.717) is 6.54 Å². The highest BCUT2D eigenvalue weighted by molar-refractivity contribution is 5.97. The van der Waals surface area contributed by atoms with E-state index in [1.54, 1.807) is 6.07 Å². The third kappa shape index (κ3) is 2.34. The first kappa shape index (κ1) is 12.2. The van der Waals surface area contributed by atoms with Crippen molar-refractivity contribution in [2.45, 2.75) is 12.5 Å². The van der Waals surface area contributed by atoms with E-state index in [1.165, 1.54) is 17.2 Å². The molecule has 1 aliphatic rings. The lowest BCUT2D eigenvalue weighted by Crippen LogP contribution is -2.57. The quantitative estimate of drug-likeness (QED) is 0.769. The van der Waals surface area contributed by atoms with Gasteiger partial charge in [0.1, 0.15) is 6.04 Å². The number of rotatable bonds is 3. The molecule has 1 aliphatic heterocycles. The Balaban J connectivity index is 2.20. The molecule has 7 heteroatoms. The molecule has 2 amide bonds. The molecule has 0 spiro atoms. The fraction of sp³-hybridized carbons (Fsp3) is 0.364. The summed E-state index contributed by atoms with van der Waals surface area (Å²) in [5.41, 5.74) is 0. The van der Waals surface area contributed by atoms with Crippen LogP contribution in [-0.4, -0.2) is 46.9 Å². The van der Waals surface area contributed by atoms with Crippen molar-refractivity contribution in [2.24, 2.45) is 0 Å². The molecule has 0 aromatic carbocycles. The fourth-order valence-electron chi connectivity index (χ4n) is 1.87. The Kier molecular flexibility index (Phi) is 3.31. The number of hydrogen-bond acceptors (Lipinski definition) is 4. The number of nitrogens with one attached hydrogen (secondary N) is 1. The predicted molar refractivity (Wildman–Crippen MR) is 58.8 cm³/mol. The molecule has 2 rings (SSSR count). The van der Waals surface area contributed by atoms with Gasteiger partial charge in [-0.15, -0.1) is 0 Å². The van der Waals surface area contributed by atoms with Gasteiger partial charge in [-0.2, -0.15) is 0 Å². The summed E-state index contributed by atoms with van der Waals surface area (Å²) in [5.74, 6) is -1.96. The van der Waals surface area contributed by atoms with Crippen molar-refractivity contribution >= 4 is 17.8 Å². The molecule has 1 aromatic heterocycles. The Hall–Kier alpha value is -2.31. The highest BCUT2D eigenvalue weighted by atomic mass is 16.4. The molecule has 0 saturated carbocycles. The van der Waals surface area contributed by atoms with Gasteiger partial charge < -0.3 is 19.7 Å². The second-order valence-electron chi connectivity index (χ2n) is 3.88. The number of amides is 2. The van der Waals surface area contributed by atoms with E-state index in [4.69, 9.17) is 9.52 Å². The first-order valence-electron chi connectivity index (χ1n) is 5.43. The van der Waals surface area contributed by atoms with Gasteiger partial charge in [-0.05, 0) is 12.1 Å². The van der Waals surface area contributed by atoms with Crippen molar-refractivity contribution in [3.63, 3.8) is 0 Å². The van der Waals surface area contributed by atoms with Gasteiger partial charge in [-0.3, -0.25) is 14.4 Å². The molecule has 0 aliphatic carbocycles. The van der Waals surface area contributed by atoms with Crippen LogP contribution < -0.4 is 5.32 Å². The molecule has 1 aromatic rings. The van der Waals surface area contributed by atoms with Crippen molar-refractivity contribution < 1.29 is 23.9 Å². The van der Waals surface area contributed by atoms with Crippen LogP contribution in [0, 0.1) is 0 Å². The SMILES string of the molecule is O=C(O)CC1C(=O)NCCN1C(=O)c1ccco1. The zero-order chi connectivity index (χ0) is 13.1. The molecule has 0 radical (unpaired) electrons. The number of nitrogens with zero attached hydrogens (tertiary/aromatic N) is 1. The maximum absolute atomic E-state index is 12.1. The maximum atomic E-state index is 12.1. The van der Waals surface area contributed by atoms with Crippen molar-refractivity contribution in [3.05, 3.63) is 24.2 Å². The number of hydrogen-bond donors (Lipinski definition) is 2. The lowest BCUT2D eigenvalue weighted by Gasteiger charge is -2.33. The van der Waals surface area contributed by atoms with Crippen molar-refractivity contribution in [2.75, 3.05) is 13.1 Å². The van der Waals surface area contributed by atoms with Crippen LogP contribution in [0.5, 0.6) is 0 Å². The summed E-state index contributed by atoms with van der Waals surface area (Å²) in [4.78, 5) is 35.6. The molecular weight excluding hydrogens is 240 g/mol. The smallest absolute Gasteiger partial charge is 0.305 e. The van der Waals surface area contributed by atoms with E-state index in [0.717, 1.165) is 0 Å². The van der Waals surface area contributed by atoms with E-state index >= 15 is 0 Å². The van der Waals surface area contributed by atoms with E-state index in [1.807, 2.05) is 0 Å². The van der Waals surface area contributed by atoms with Crippen molar-refractivity contribution in [1.82, 2.24) is 10.2 Å². The van der Waals surface area contributed by atoms with E-state index in [9.17, 15) is 14.4 Å². The molecule has 1 atom stereocenters. The minimum absolute atomic E-state index is 0.0973. The number of furan rings is 1. The van der Waals surface area contributed by atoms with E-state index < -0.39 is 30.2 Å². The minimum Gasteiger partial charge on any atom is -0.481 e. The minimum atomic E-state index is -1.13. The topological polar surface area (TPSA) is 99.8 Å². The van der Waals surface area contributed by atoms with Crippen molar-refractivity contribution in [1.29, 1.82) is 0 Å². The number of piperazine rings is 1. The lowest BCUT2D eigenvalue weighted by atomic mass is 10.1. The predicted octanol–water partition coefficient (Wildman–Crippen LogP) is -0.305. The van der Waals surface area contributed by atoms with Gasteiger partial charge >= 0.3 is 5.97 Å². The molecule has 0 bridgehead atoms. The molecule has 2 N–H and O–H groups in total. The first-order valence-corrected chi connectivity index (χ1v) is 5.43. The van der Waals surface area contributed by atoms with Gasteiger partial charge in [0.15, 0.2) is 5.76 Å². The monoisotopic (exact) mass is 252 g/mol. The Morgan fingerprint density at radius 1 is 1.56 bits per heavy atom. The van der Waals surface area contributed by atoms with Gasteiger partial charge in [0, 0.05) is 13.1 Å². The van der Waals surface area contributed by atoms with Crippen LogP contribution in [0.2, 0.25) is 0 Å². The molecule has 7 nitrogen and oxygen atoms in total. The fourth-order valence-corrected chi connectivity index (χ4v) is 1.87. The average molecular weight is 252 g/mol. The van der Waals surface area contributed by atoms with Crippen LogP contribution >= 0.6 is 0 Å². The standard InChI is InChI=1S/C11H12N2O5/c14-9(15)6-7-10(16)12-3-4-13(7)11(17)8-2-1-5-18-8/h1-2,5,7H,3-4,6H2,(H,12,16)(H,14,15). The Labute approximate surface area is 102 Å². The Morgan fingerprint density at radius 3 is 2.94 bits per heavy atom. The third-order valence-corrected chi connectivity index (χ3v) is 2.69. The van der Waals surface area contributed by atoms with Crippen molar-refractivity contribution in [3.8, 4) is 0 Å².